The average molecular weight is 413 g/mol. The van der Waals surface area contributed by atoms with Gasteiger partial charge in [0.1, 0.15) is 0 Å². The van der Waals surface area contributed by atoms with E-state index in [9.17, 15) is 9.90 Å². The van der Waals surface area contributed by atoms with Crippen LogP contribution in [-0.4, -0.2) is 31.2 Å². The number of fused-ring (bicyclic) bond motifs is 1. The summed E-state index contributed by atoms with van der Waals surface area (Å²) in [7, 11) is 1.96. The minimum atomic E-state index is -0.786. The van der Waals surface area contributed by atoms with E-state index in [1.165, 1.54) is 35.4 Å². The van der Waals surface area contributed by atoms with Crippen LogP contribution in [0.1, 0.15) is 65.9 Å². The largest absolute Gasteiger partial charge is 0.478 e. The number of thiophene rings is 1. The van der Waals surface area contributed by atoms with Crippen molar-refractivity contribution in [2.45, 2.75) is 58.9 Å². The third-order valence-corrected chi connectivity index (χ3v) is 7.74. The highest BCUT2D eigenvalue weighted by Crippen LogP contribution is 2.46. The number of benzene rings is 1. The third kappa shape index (κ3) is 4.08. The molecule has 1 aliphatic heterocycles. The lowest BCUT2D eigenvalue weighted by molar-refractivity contribution is 0.0696. The summed E-state index contributed by atoms with van der Waals surface area (Å²) in [6.45, 7) is 7.46. The molecule has 4 rings (SSSR count). The van der Waals surface area contributed by atoms with Gasteiger partial charge in [-0.3, -0.25) is 0 Å². The summed E-state index contributed by atoms with van der Waals surface area (Å²) >= 11 is 1.70. The molecule has 0 unspecified atom stereocenters. The van der Waals surface area contributed by atoms with Crippen molar-refractivity contribution in [3.63, 3.8) is 0 Å². The maximum absolute atomic E-state index is 12.3. The van der Waals surface area contributed by atoms with Crippen molar-refractivity contribution in [3.05, 3.63) is 39.8 Å². The molecule has 1 saturated heterocycles. The monoisotopic (exact) mass is 412 g/mol. The van der Waals surface area contributed by atoms with Gasteiger partial charge < -0.3 is 15.3 Å². The lowest BCUT2D eigenvalue weighted by Gasteiger charge is -2.29. The SMILES string of the molecule is CNCc1cc(N2CCCCC2)ccc1-c1sc2c(c1C(=O)O)CC(C)(C)CC2. The van der Waals surface area contributed by atoms with Crippen molar-refractivity contribution in [2.24, 2.45) is 5.41 Å². The van der Waals surface area contributed by atoms with E-state index in [0.29, 0.717) is 5.56 Å². The van der Waals surface area contributed by atoms with Crippen molar-refractivity contribution < 1.29 is 9.90 Å². The Kier molecular flexibility index (Phi) is 5.71. The van der Waals surface area contributed by atoms with Crippen LogP contribution in [-0.2, 0) is 19.4 Å². The molecule has 156 valence electrons. The van der Waals surface area contributed by atoms with Crippen molar-refractivity contribution in [1.29, 1.82) is 0 Å². The highest BCUT2D eigenvalue weighted by atomic mass is 32.1. The van der Waals surface area contributed by atoms with Crippen molar-refractivity contribution in [1.82, 2.24) is 5.32 Å². The van der Waals surface area contributed by atoms with Gasteiger partial charge in [-0.2, -0.15) is 0 Å². The van der Waals surface area contributed by atoms with E-state index in [1.807, 2.05) is 7.05 Å². The van der Waals surface area contributed by atoms with Gasteiger partial charge in [0.15, 0.2) is 0 Å². The summed E-state index contributed by atoms with van der Waals surface area (Å²) in [6, 6.07) is 6.62. The zero-order valence-corrected chi connectivity index (χ0v) is 18.6. The summed E-state index contributed by atoms with van der Waals surface area (Å²) in [5.41, 5.74) is 5.32. The Hall–Kier alpha value is -1.85. The lowest BCUT2D eigenvalue weighted by Crippen LogP contribution is -2.29. The highest BCUT2D eigenvalue weighted by molar-refractivity contribution is 7.16. The predicted octanol–water partition coefficient (Wildman–Crippen LogP) is 5.34. The molecule has 2 N–H and O–H groups in total. The normalized spacial score (nSPS) is 18.5. The van der Waals surface area contributed by atoms with Crippen LogP contribution in [0.25, 0.3) is 10.4 Å². The van der Waals surface area contributed by atoms with E-state index in [-0.39, 0.29) is 5.41 Å². The van der Waals surface area contributed by atoms with Crippen LogP contribution in [0, 0.1) is 5.41 Å². The van der Waals surface area contributed by atoms with Crippen LogP contribution < -0.4 is 10.2 Å². The van der Waals surface area contributed by atoms with Crippen LogP contribution >= 0.6 is 11.3 Å². The summed E-state index contributed by atoms with van der Waals surface area (Å²) in [5, 5.41) is 13.4. The zero-order chi connectivity index (χ0) is 20.6. The number of carbonyl (C=O) groups is 1. The van der Waals surface area contributed by atoms with E-state index in [2.05, 4.69) is 42.3 Å². The zero-order valence-electron chi connectivity index (χ0n) is 17.8. The van der Waals surface area contributed by atoms with Crippen LogP contribution in [0.15, 0.2) is 18.2 Å². The molecule has 0 spiro atoms. The van der Waals surface area contributed by atoms with Gasteiger partial charge in [0.2, 0.25) is 0 Å². The third-order valence-electron chi connectivity index (χ3n) is 6.41. The first-order valence-electron chi connectivity index (χ1n) is 10.8. The molecule has 2 aliphatic rings. The number of nitrogens with zero attached hydrogens (tertiary/aromatic N) is 1. The minimum absolute atomic E-state index is 0.168. The topological polar surface area (TPSA) is 52.6 Å². The molecule has 2 aromatic rings. The summed E-state index contributed by atoms with van der Waals surface area (Å²) in [5.74, 6) is -0.786. The van der Waals surface area contributed by atoms with Gasteiger partial charge in [-0.15, -0.1) is 11.3 Å². The summed E-state index contributed by atoms with van der Waals surface area (Å²) in [6.07, 6.45) is 6.78. The Bertz CT molecular complexity index is 910. The smallest absolute Gasteiger partial charge is 0.337 e. The Labute approximate surface area is 177 Å². The number of hydrogen-bond acceptors (Lipinski definition) is 4. The number of anilines is 1. The number of carboxylic acids is 1. The fraction of sp³-hybridized carbons (Fsp3) is 0.542. The Morgan fingerprint density at radius 1 is 1.24 bits per heavy atom. The van der Waals surface area contributed by atoms with Gasteiger partial charge in [-0.25, -0.2) is 4.79 Å². The van der Waals surface area contributed by atoms with Crippen molar-refractivity contribution in [2.75, 3.05) is 25.0 Å². The molecule has 29 heavy (non-hydrogen) atoms. The quantitative estimate of drug-likeness (QED) is 0.696. The van der Waals surface area contributed by atoms with Crippen LogP contribution in [0.4, 0.5) is 5.69 Å². The van der Waals surface area contributed by atoms with Crippen molar-refractivity contribution in [3.8, 4) is 10.4 Å². The number of aromatic carboxylic acids is 1. The van der Waals surface area contributed by atoms with Gasteiger partial charge in [0.05, 0.1) is 5.56 Å². The first-order valence-corrected chi connectivity index (χ1v) is 11.6. The minimum Gasteiger partial charge on any atom is -0.478 e. The second-order valence-corrected chi connectivity index (χ2v) is 10.4. The van der Waals surface area contributed by atoms with Crippen LogP contribution in [0.5, 0.6) is 0 Å². The number of carboxylic acid groups (broad SMARTS) is 1. The fourth-order valence-electron chi connectivity index (χ4n) is 4.82. The Balaban J connectivity index is 1.79. The lowest BCUT2D eigenvalue weighted by atomic mass is 9.76. The maximum Gasteiger partial charge on any atom is 0.337 e. The van der Waals surface area contributed by atoms with Crippen LogP contribution in [0.3, 0.4) is 0 Å². The van der Waals surface area contributed by atoms with E-state index in [4.69, 9.17) is 0 Å². The number of nitrogens with one attached hydrogen (secondary N) is 1. The maximum atomic E-state index is 12.3. The fourth-order valence-corrected chi connectivity index (χ4v) is 6.19. The van der Waals surface area contributed by atoms with E-state index < -0.39 is 5.97 Å². The number of aryl methyl sites for hydroxylation is 1. The molecule has 0 radical (unpaired) electrons. The van der Waals surface area contributed by atoms with Gasteiger partial charge in [-0.05, 0) is 79.8 Å². The molecular weight excluding hydrogens is 380 g/mol. The van der Waals surface area contributed by atoms with Crippen LogP contribution in [0.2, 0.25) is 0 Å². The molecule has 1 fully saturated rings. The summed E-state index contributed by atoms with van der Waals surface area (Å²) < 4.78 is 0. The molecule has 0 amide bonds. The molecule has 1 aliphatic carbocycles. The van der Waals surface area contributed by atoms with E-state index in [0.717, 1.165) is 54.9 Å². The number of hydrogen-bond donors (Lipinski definition) is 2. The highest BCUT2D eigenvalue weighted by Gasteiger charge is 2.33. The van der Waals surface area contributed by atoms with E-state index >= 15 is 0 Å². The first kappa shape index (κ1) is 20.4. The average Bonchev–Trinajstić information content (AvgIpc) is 3.06. The molecule has 1 aromatic carbocycles. The molecule has 1 aromatic heterocycles. The van der Waals surface area contributed by atoms with Gasteiger partial charge >= 0.3 is 5.97 Å². The number of rotatable bonds is 5. The second-order valence-electron chi connectivity index (χ2n) is 9.27. The second kappa shape index (κ2) is 8.11. The Morgan fingerprint density at radius 3 is 2.69 bits per heavy atom. The Morgan fingerprint density at radius 2 is 2.00 bits per heavy atom. The number of piperidine rings is 1. The molecule has 0 saturated carbocycles. The molecule has 0 bridgehead atoms. The summed E-state index contributed by atoms with van der Waals surface area (Å²) in [4.78, 5) is 17.0. The van der Waals surface area contributed by atoms with Gasteiger partial charge in [-0.1, -0.05) is 19.9 Å². The first-order chi connectivity index (χ1) is 13.9. The van der Waals surface area contributed by atoms with Crippen molar-refractivity contribution >= 4 is 23.0 Å². The molecule has 5 heteroatoms. The van der Waals surface area contributed by atoms with Gasteiger partial charge in [0.25, 0.3) is 0 Å². The molecule has 2 heterocycles. The predicted molar refractivity (Wildman–Crippen MR) is 121 cm³/mol. The standard InChI is InChI=1S/C24H32N2O2S/c1-24(2)10-9-20-19(14-24)21(23(27)28)22(29-20)18-8-7-17(13-16(18)15-25-3)26-11-5-4-6-12-26/h7-8,13,25H,4-6,9-12,14-15H2,1-3H3,(H,27,28). The molecule has 4 nitrogen and oxygen atoms in total. The van der Waals surface area contributed by atoms with Gasteiger partial charge in [0, 0.05) is 35.1 Å². The molecule has 0 atom stereocenters. The molecular formula is C24H32N2O2S. The van der Waals surface area contributed by atoms with E-state index in [1.54, 1.807) is 11.3 Å².